The van der Waals surface area contributed by atoms with E-state index < -0.39 is 0 Å². The Hall–Kier alpha value is -1.22. The van der Waals surface area contributed by atoms with E-state index in [4.69, 9.17) is 11.6 Å². The van der Waals surface area contributed by atoms with Crippen molar-refractivity contribution >= 4 is 17.6 Å². The van der Waals surface area contributed by atoms with Gasteiger partial charge in [-0.2, -0.15) is 0 Å². The fourth-order valence-corrected chi connectivity index (χ4v) is 1.59. The van der Waals surface area contributed by atoms with Crippen LogP contribution in [-0.2, 0) is 0 Å². The summed E-state index contributed by atoms with van der Waals surface area (Å²) < 4.78 is 0. The zero-order valence-corrected chi connectivity index (χ0v) is 11.1. The molecular weight excluding hydrogens is 236 g/mol. The molecule has 0 aliphatic carbocycles. The average Bonchev–Trinajstić information content (AvgIpc) is 2.30. The van der Waals surface area contributed by atoms with Crippen molar-refractivity contribution in [2.24, 2.45) is 0 Å². The van der Waals surface area contributed by atoms with Crippen molar-refractivity contribution in [1.29, 1.82) is 0 Å². The molecule has 1 unspecified atom stereocenters. The highest BCUT2D eigenvalue weighted by Gasteiger charge is 2.08. The monoisotopic (exact) mass is 254 g/mol. The van der Waals surface area contributed by atoms with Gasteiger partial charge in [0.05, 0.1) is 6.04 Å². The minimum atomic E-state index is -0.124. The number of hydrogen-bond acceptors (Lipinski definition) is 1. The second-order valence-corrected chi connectivity index (χ2v) is 4.46. The third-order valence-corrected chi connectivity index (χ3v) is 2.79. The maximum atomic E-state index is 11.5. The first-order chi connectivity index (χ1) is 8.13. The van der Waals surface area contributed by atoms with Crippen molar-refractivity contribution in [1.82, 2.24) is 10.6 Å². The van der Waals surface area contributed by atoms with Crippen LogP contribution >= 0.6 is 11.6 Å². The van der Waals surface area contributed by atoms with Crippen LogP contribution in [0.2, 0.25) is 5.02 Å². The number of nitrogens with one attached hydrogen (secondary N) is 2. The lowest BCUT2D eigenvalue weighted by atomic mass is 10.1. The molecule has 0 saturated heterocycles. The highest BCUT2D eigenvalue weighted by Crippen LogP contribution is 2.15. The number of unbranched alkanes of at least 4 members (excludes halogenated alkanes) is 1. The summed E-state index contributed by atoms with van der Waals surface area (Å²) in [6, 6.07) is 7.34. The van der Waals surface area contributed by atoms with E-state index in [2.05, 4.69) is 17.6 Å². The standard InChI is InChI=1S/C13H19ClN2O/c1-3-4-9-15-13(17)16-10(2)11-5-7-12(14)8-6-11/h5-8,10H,3-4,9H2,1-2H3,(H2,15,16,17). The Bertz CT molecular complexity index is 351. The Kier molecular flexibility index (Phi) is 5.84. The SMILES string of the molecule is CCCCNC(=O)NC(C)c1ccc(Cl)cc1. The summed E-state index contributed by atoms with van der Waals surface area (Å²) in [5.41, 5.74) is 1.04. The minimum absolute atomic E-state index is 0.0195. The lowest BCUT2D eigenvalue weighted by molar-refractivity contribution is 0.238. The molecule has 0 radical (unpaired) electrons. The van der Waals surface area contributed by atoms with Crippen LogP contribution in [-0.4, -0.2) is 12.6 Å². The van der Waals surface area contributed by atoms with Gasteiger partial charge >= 0.3 is 6.03 Å². The predicted molar refractivity (Wildman–Crippen MR) is 71.3 cm³/mol. The lowest BCUT2D eigenvalue weighted by Crippen LogP contribution is -2.37. The Morgan fingerprint density at radius 1 is 1.35 bits per heavy atom. The average molecular weight is 255 g/mol. The van der Waals surface area contributed by atoms with Crippen LogP contribution in [0, 0.1) is 0 Å². The Labute approximate surface area is 108 Å². The van der Waals surface area contributed by atoms with Crippen LogP contribution < -0.4 is 10.6 Å². The first-order valence-corrected chi connectivity index (χ1v) is 6.31. The molecule has 2 amide bonds. The van der Waals surface area contributed by atoms with Crippen molar-refractivity contribution in [3.05, 3.63) is 34.9 Å². The minimum Gasteiger partial charge on any atom is -0.338 e. The van der Waals surface area contributed by atoms with Gasteiger partial charge in [-0.25, -0.2) is 4.79 Å². The molecule has 2 N–H and O–H groups in total. The maximum Gasteiger partial charge on any atom is 0.315 e. The molecule has 1 atom stereocenters. The van der Waals surface area contributed by atoms with Crippen molar-refractivity contribution < 1.29 is 4.79 Å². The first-order valence-electron chi connectivity index (χ1n) is 5.93. The van der Waals surface area contributed by atoms with Gasteiger partial charge in [0.25, 0.3) is 0 Å². The summed E-state index contributed by atoms with van der Waals surface area (Å²) in [6.45, 7) is 4.76. The van der Waals surface area contributed by atoms with Gasteiger partial charge in [0.15, 0.2) is 0 Å². The molecule has 1 aromatic rings. The largest absolute Gasteiger partial charge is 0.338 e. The van der Waals surface area contributed by atoms with Gasteiger partial charge in [-0.15, -0.1) is 0 Å². The highest BCUT2D eigenvalue weighted by atomic mass is 35.5. The van der Waals surface area contributed by atoms with Crippen LogP contribution in [0.1, 0.15) is 38.3 Å². The molecule has 1 aromatic carbocycles. The fourth-order valence-electron chi connectivity index (χ4n) is 1.46. The Morgan fingerprint density at radius 2 is 2.00 bits per heavy atom. The zero-order chi connectivity index (χ0) is 12.7. The van der Waals surface area contributed by atoms with E-state index in [1.165, 1.54) is 0 Å². The third-order valence-electron chi connectivity index (χ3n) is 2.53. The van der Waals surface area contributed by atoms with Crippen molar-refractivity contribution in [2.45, 2.75) is 32.7 Å². The summed E-state index contributed by atoms with van der Waals surface area (Å²) >= 11 is 5.81. The van der Waals surface area contributed by atoms with E-state index in [1.807, 2.05) is 31.2 Å². The number of rotatable bonds is 5. The molecule has 94 valence electrons. The summed E-state index contributed by atoms with van der Waals surface area (Å²) in [5, 5.41) is 6.40. The van der Waals surface area contributed by atoms with Crippen LogP contribution in [0.3, 0.4) is 0 Å². The molecule has 1 rings (SSSR count). The number of halogens is 1. The molecule has 0 saturated carbocycles. The molecule has 0 bridgehead atoms. The van der Waals surface area contributed by atoms with E-state index in [0.29, 0.717) is 5.02 Å². The van der Waals surface area contributed by atoms with Gasteiger partial charge in [-0.3, -0.25) is 0 Å². The number of benzene rings is 1. The fraction of sp³-hybridized carbons (Fsp3) is 0.462. The highest BCUT2D eigenvalue weighted by molar-refractivity contribution is 6.30. The molecule has 0 spiro atoms. The van der Waals surface area contributed by atoms with Crippen LogP contribution in [0.4, 0.5) is 4.79 Å². The van der Waals surface area contributed by atoms with E-state index >= 15 is 0 Å². The number of urea groups is 1. The van der Waals surface area contributed by atoms with Crippen LogP contribution in [0.25, 0.3) is 0 Å². The maximum absolute atomic E-state index is 11.5. The third kappa shape index (κ3) is 5.09. The molecule has 0 aliphatic rings. The van der Waals surface area contributed by atoms with Crippen molar-refractivity contribution in [2.75, 3.05) is 6.54 Å². The zero-order valence-electron chi connectivity index (χ0n) is 10.3. The first kappa shape index (κ1) is 13.8. The van der Waals surface area contributed by atoms with Crippen molar-refractivity contribution in [3.8, 4) is 0 Å². The number of amides is 2. The van der Waals surface area contributed by atoms with Gasteiger partial charge < -0.3 is 10.6 Å². The van der Waals surface area contributed by atoms with E-state index in [9.17, 15) is 4.79 Å². The quantitative estimate of drug-likeness (QED) is 0.776. The number of carbonyl (C=O) groups is 1. The number of carbonyl (C=O) groups excluding carboxylic acids is 1. The molecule has 0 heterocycles. The van der Waals surface area contributed by atoms with Gasteiger partial charge in [0, 0.05) is 11.6 Å². The summed E-state index contributed by atoms with van der Waals surface area (Å²) in [5.74, 6) is 0. The smallest absolute Gasteiger partial charge is 0.315 e. The van der Waals surface area contributed by atoms with E-state index in [1.54, 1.807) is 0 Å². The second-order valence-electron chi connectivity index (χ2n) is 4.03. The van der Waals surface area contributed by atoms with Gasteiger partial charge in [0.2, 0.25) is 0 Å². The molecular formula is C13H19ClN2O. The molecule has 0 fully saturated rings. The normalized spacial score (nSPS) is 11.9. The molecule has 0 aliphatic heterocycles. The predicted octanol–water partition coefficient (Wildman–Crippen LogP) is 3.50. The van der Waals surface area contributed by atoms with Crippen LogP contribution in [0.15, 0.2) is 24.3 Å². The van der Waals surface area contributed by atoms with E-state index in [0.717, 1.165) is 24.9 Å². The van der Waals surface area contributed by atoms with Crippen LogP contribution in [0.5, 0.6) is 0 Å². The topological polar surface area (TPSA) is 41.1 Å². The second kappa shape index (κ2) is 7.17. The van der Waals surface area contributed by atoms with Gasteiger partial charge in [0.1, 0.15) is 0 Å². The lowest BCUT2D eigenvalue weighted by Gasteiger charge is -2.15. The van der Waals surface area contributed by atoms with E-state index in [-0.39, 0.29) is 12.1 Å². The number of hydrogen-bond donors (Lipinski definition) is 2. The van der Waals surface area contributed by atoms with Crippen molar-refractivity contribution in [3.63, 3.8) is 0 Å². The Morgan fingerprint density at radius 3 is 2.59 bits per heavy atom. The van der Waals surface area contributed by atoms with Gasteiger partial charge in [-0.1, -0.05) is 37.1 Å². The summed E-state index contributed by atoms with van der Waals surface area (Å²) in [7, 11) is 0. The molecule has 3 nitrogen and oxygen atoms in total. The summed E-state index contributed by atoms with van der Waals surface area (Å²) in [4.78, 5) is 11.5. The molecule has 17 heavy (non-hydrogen) atoms. The molecule has 4 heteroatoms. The molecule has 0 aromatic heterocycles. The Balaban J connectivity index is 2.40. The van der Waals surface area contributed by atoms with Gasteiger partial charge in [-0.05, 0) is 31.0 Å². The summed E-state index contributed by atoms with van der Waals surface area (Å²) in [6.07, 6.45) is 2.08.